The summed E-state index contributed by atoms with van der Waals surface area (Å²) >= 11 is 0. The van der Waals surface area contributed by atoms with Gasteiger partial charge in [0.25, 0.3) is 0 Å². The van der Waals surface area contributed by atoms with Crippen LogP contribution in [-0.4, -0.2) is 42.1 Å². The molecule has 0 saturated carbocycles. The standard InChI is InChI=1S/C12H18FNO3/c1-9(15)6-14-7-10(16)8-17-12-5-3-2-4-11(12)13/h2-5,9-10,14-16H,6-8H2,1H3/p+1/t9-,10+/m1/s1. The molecular formula is C12H19FNO3+. The SMILES string of the molecule is C[C@@H](O)C[NH2+]C[C@H](O)COc1ccccc1F. The second kappa shape index (κ2) is 7.21. The molecule has 0 aromatic heterocycles. The van der Waals surface area contributed by atoms with Crippen molar-refractivity contribution in [3.8, 4) is 5.75 Å². The lowest BCUT2D eigenvalue weighted by Crippen LogP contribution is -2.88. The van der Waals surface area contributed by atoms with Crippen molar-refractivity contribution in [3.63, 3.8) is 0 Å². The van der Waals surface area contributed by atoms with Crippen molar-refractivity contribution < 1.29 is 24.7 Å². The molecule has 0 aliphatic heterocycles. The largest absolute Gasteiger partial charge is 0.488 e. The van der Waals surface area contributed by atoms with Gasteiger partial charge in [-0.3, -0.25) is 0 Å². The maximum Gasteiger partial charge on any atom is 0.165 e. The number of halogens is 1. The van der Waals surface area contributed by atoms with Crippen LogP contribution >= 0.6 is 0 Å². The zero-order valence-corrected chi connectivity index (χ0v) is 9.84. The number of nitrogens with two attached hydrogens (primary N) is 1. The summed E-state index contributed by atoms with van der Waals surface area (Å²) in [6.45, 7) is 2.66. The summed E-state index contributed by atoms with van der Waals surface area (Å²) in [5.41, 5.74) is 0. The zero-order chi connectivity index (χ0) is 12.7. The molecule has 1 aromatic carbocycles. The average Bonchev–Trinajstić information content (AvgIpc) is 2.27. The lowest BCUT2D eigenvalue weighted by Gasteiger charge is -2.12. The summed E-state index contributed by atoms with van der Waals surface area (Å²) in [5.74, 6) is -0.297. The first-order valence-electron chi connectivity index (χ1n) is 5.64. The van der Waals surface area contributed by atoms with Crippen LogP contribution in [0.3, 0.4) is 0 Å². The molecule has 0 spiro atoms. The van der Waals surface area contributed by atoms with E-state index in [2.05, 4.69) is 0 Å². The van der Waals surface area contributed by atoms with Gasteiger partial charge in [0, 0.05) is 0 Å². The van der Waals surface area contributed by atoms with Gasteiger partial charge < -0.3 is 20.3 Å². The number of para-hydroxylation sites is 1. The summed E-state index contributed by atoms with van der Waals surface area (Å²) < 4.78 is 18.3. The minimum Gasteiger partial charge on any atom is -0.488 e. The van der Waals surface area contributed by atoms with Gasteiger partial charge in [-0.15, -0.1) is 0 Å². The molecule has 0 fully saturated rings. The van der Waals surface area contributed by atoms with Crippen LogP contribution in [0.4, 0.5) is 4.39 Å². The van der Waals surface area contributed by atoms with Gasteiger partial charge in [0.1, 0.15) is 25.8 Å². The number of rotatable bonds is 7. The topological polar surface area (TPSA) is 66.3 Å². The van der Waals surface area contributed by atoms with Crippen molar-refractivity contribution in [2.45, 2.75) is 19.1 Å². The van der Waals surface area contributed by atoms with Gasteiger partial charge in [0.05, 0.1) is 6.10 Å². The Bertz CT molecular complexity index is 333. The number of aliphatic hydroxyl groups is 2. The maximum atomic E-state index is 13.2. The normalized spacial score (nSPS) is 14.4. The lowest BCUT2D eigenvalue weighted by atomic mass is 10.3. The van der Waals surface area contributed by atoms with Gasteiger partial charge in [-0.2, -0.15) is 0 Å². The molecule has 0 radical (unpaired) electrons. The number of aliphatic hydroxyl groups excluding tert-OH is 2. The molecule has 17 heavy (non-hydrogen) atoms. The van der Waals surface area contributed by atoms with Gasteiger partial charge in [-0.25, -0.2) is 4.39 Å². The molecule has 5 heteroatoms. The molecule has 0 aliphatic rings. The molecule has 0 unspecified atom stereocenters. The Morgan fingerprint density at radius 3 is 2.65 bits per heavy atom. The van der Waals surface area contributed by atoms with Crippen molar-refractivity contribution in [2.75, 3.05) is 19.7 Å². The minimum absolute atomic E-state index is 0.0389. The van der Waals surface area contributed by atoms with Crippen LogP contribution in [0.15, 0.2) is 24.3 Å². The summed E-state index contributed by atoms with van der Waals surface area (Å²) in [6, 6.07) is 6.07. The molecule has 96 valence electrons. The van der Waals surface area contributed by atoms with Gasteiger partial charge in [-0.1, -0.05) is 12.1 Å². The van der Waals surface area contributed by atoms with E-state index in [9.17, 15) is 9.50 Å². The molecule has 0 saturated heterocycles. The molecule has 4 nitrogen and oxygen atoms in total. The third-order valence-electron chi connectivity index (χ3n) is 2.21. The van der Waals surface area contributed by atoms with E-state index < -0.39 is 18.0 Å². The van der Waals surface area contributed by atoms with Gasteiger partial charge in [0.15, 0.2) is 11.6 Å². The number of quaternary nitrogens is 1. The molecule has 1 aromatic rings. The highest BCUT2D eigenvalue weighted by Gasteiger charge is 2.10. The van der Waals surface area contributed by atoms with E-state index in [1.165, 1.54) is 12.1 Å². The van der Waals surface area contributed by atoms with Crippen LogP contribution in [0.5, 0.6) is 5.75 Å². The fraction of sp³-hybridized carbons (Fsp3) is 0.500. The number of hydrogen-bond donors (Lipinski definition) is 3. The van der Waals surface area contributed by atoms with Crippen LogP contribution in [0.2, 0.25) is 0 Å². The number of ether oxygens (including phenoxy) is 1. The van der Waals surface area contributed by atoms with Gasteiger partial charge in [0.2, 0.25) is 0 Å². The van der Waals surface area contributed by atoms with E-state index in [4.69, 9.17) is 9.84 Å². The molecule has 1 rings (SSSR count). The van der Waals surface area contributed by atoms with Crippen molar-refractivity contribution in [1.29, 1.82) is 0 Å². The van der Waals surface area contributed by atoms with Crippen LogP contribution in [0.1, 0.15) is 6.92 Å². The van der Waals surface area contributed by atoms with E-state index in [1.54, 1.807) is 24.4 Å². The molecule has 2 atom stereocenters. The van der Waals surface area contributed by atoms with E-state index in [0.717, 1.165) is 0 Å². The first kappa shape index (κ1) is 13.9. The van der Waals surface area contributed by atoms with Crippen LogP contribution in [-0.2, 0) is 0 Å². The zero-order valence-electron chi connectivity index (χ0n) is 9.84. The Labute approximate surface area is 100 Å². The lowest BCUT2D eigenvalue weighted by molar-refractivity contribution is -0.666. The summed E-state index contributed by atoms with van der Waals surface area (Å²) in [5, 5.41) is 20.4. The van der Waals surface area contributed by atoms with Crippen LogP contribution < -0.4 is 10.1 Å². The molecule has 0 heterocycles. The quantitative estimate of drug-likeness (QED) is 0.606. The average molecular weight is 244 g/mol. The maximum absolute atomic E-state index is 13.2. The first-order valence-corrected chi connectivity index (χ1v) is 5.64. The predicted molar refractivity (Wildman–Crippen MR) is 61.2 cm³/mol. The summed E-state index contributed by atoms with van der Waals surface area (Å²) in [6.07, 6.45) is -1.09. The van der Waals surface area contributed by atoms with E-state index in [-0.39, 0.29) is 12.4 Å². The van der Waals surface area contributed by atoms with Crippen LogP contribution in [0.25, 0.3) is 0 Å². The molecule has 0 aliphatic carbocycles. The monoisotopic (exact) mass is 244 g/mol. The second-order valence-corrected chi connectivity index (χ2v) is 4.00. The third kappa shape index (κ3) is 5.63. The fourth-order valence-corrected chi connectivity index (χ4v) is 1.35. The minimum atomic E-state index is -0.687. The Kier molecular flexibility index (Phi) is 5.90. The Hall–Kier alpha value is -1.17. The van der Waals surface area contributed by atoms with E-state index >= 15 is 0 Å². The highest BCUT2D eigenvalue weighted by atomic mass is 19.1. The van der Waals surface area contributed by atoms with Crippen LogP contribution in [0, 0.1) is 5.82 Å². The van der Waals surface area contributed by atoms with Crippen molar-refractivity contribution in [3.05, 3.63) is 30.1 Å². The second-order valence-electron chi connectivity index (χ2n) is 4.00. The molecule has 4 N–H and O–H groups in total. The van der Waals surface area contributed by atoms with Crippen molar-refractivity contribution in [2.24, 2.45) is 0 Å². The Morgan fingerprint density at radius 1 is 1.29 bits per heavy atom. The predicted octanol–water partition coefficient (Wildman–Crippen LogP) is -0.490. The number of benzene rings is 1. The fourth-order valence-electron chi connectivity index (χ4n) is 1.35. The molecule has 0 amide bonds. The van der Waals surface area contributed by atoms with E-state index in [1.807, 2.05) is 0 Å². The summed E-state index contributed by atoms with van der Waals surface area (Å²) in [7, 11) is 0. The smallest absolute Gasteiger partial charge is 0.165 e. The van der Waals surface area contributed by atoms with Crippen molar-refractivity contribution in [1.82, 2.24) is 0 Å². The first-order chi connectivity index (χ1) is 8.09. The molecule has 0 bridgehead atoms. The van der Waals surface area contributed by atoms with Gasteiger partial charge >= 0.3 is 0 Å². The van der Waals surface area contributed by atoms with E-state index in [0.29, 0.717) is 13.1 Å². The van der Waals surface area contributed by atoms with Crippen molar-refractivity contribution >= 4 is 0 Å². The third-order valence-corrected chi connectivity index (χ3v) is 2.21. The van der Waals surface area contributed by atoms with Gasteiger partial charge in [-0.05, 0) is 19.1 Å². The Balaban J connectivity index is 2.24. The highest BCUT2D eigenvalue weighted by Crippen LogP contribution is 2.15. The summed E-state index contributed by atoms with van der Waals surface area (Å²) in [4.78, 5) is 0. The highest BCUT2D eigenvalue weighted by molar-refractivity contribution is 5.23. The number of hydrogen-bond acceptors (Lipinski definition) is 3. The Morgan fingerprint density at radius 2 is 2.00 bits per heavy atom. The molecular weight excluding hydrogens is 225 g/mol.